The SMILES string of the molecule is Cc1ncsc1-c1ccc(CNC(=O)[C@@H]2C(F)CCN2C(=O)[C@@H](N)C(C)(C)C)cc1. The van der Waals surface area contributed by atoms with Crippen LogP contribution in [0.4, 0.5) is 4.39 Å². The minimum absolute atomic E-state index is 0.142. The van der Waals surface area contributed by atoms with Crippen molar-refractivity contribution in [2.24, 2.45) is 11.1 Å². The number of hydrogen-bond acceptors (Lipinski definition) is 5. The van der Waals surface area contributed by atoms with Crippen molar-refractivity contribution in [3.8, 4) is 10.4 Å². The number of halogens is 1. The van der Waals surface area contributed by atoms with Gasteiger partial charge in [-0.2, -0.15) is 0 Å². The Kier molecular flexibility index (Phi) is 6.57. The summed E-state index contributed by atoms with van der Waals surface area (Å²) in [5.41, 5.74) is 10.4. The third-order valence-corrected chi connectivity index (χ3v) is 6.48. The molecule has 3 N–H and O–H groups in total. The monoisotopic (exact) mass is 432 g/mol. The number of carbonyl (C=O) groups excluding carboxylic acids is 2. The van der Waals surface area contributed by atoms with Crippen LogP contribution in [0.1, 0.15) is 38.4 Å². The fraction of sp³-hybridized carbons (Fsp3) is 0.500. The molecule has 0 spiro atoms. The summed E-state index contributed by atoms with van der Waals surface area (Å²) >= 11 is 1.58. The number of carbonyl (C=O) groups is 2. The van der Waals surface area contributed by atoms with E-state index in [1.807, 2.05) is 57.5 Å². The summed E-state index contributed by atoms with van der Waals surface area (Å²) in [6.07, 6.45) is -1.25. The van der Waals surface area contributed by atoms with Gasteiger partial charge in [0, 0.05) is 13.1 Å². The summed E-state index contributed by atoms with van der Waals surface area (Å²) in [6, 6.07) is 5.89. The summed E-state index contributed by atoms with van der Waals surface area (Å²) in [5, 5.41) is 2.78. The largest absolute Gasteiger partial charge is 0.350 e. The molecular formula is C22H29FN4O2S. The van der Waals surface area contributed by atoms with Crippen molar-refractivity contribution in [2.45, 2.75) is 58.9 Å². The van der Waals surface area contributed by atoms with E-state index in [-0.39, 0.29) is 25.4 Å². The molecule has 1 unspecified atom stereocenters. The number of aryl methyl sites for hydroxylation is 1. The van der Waals surface area contributed by atoms with Gasteiger partial charge in [0.2, 0.25) is 11.8 Å². The van der Waals surface area contributed by atoms with E-state index in [2.05, 4.69) is 10.3 Å². The second kappa shape index (κ2) is 8.81. The number of nitrogens with two attached hydrogens (primary N) is 1. The topological polar surface area (TPSA) is 88.3 Å². The average molecular weight is 433 g/mol. The zero-order valence-corrected chi connectivity index (χ0v) is 18.6. The van der Waals surface area contributed by atoms with Crippen LogP contribution in [0.15, 0.2) is 29.8 Å². The minimum Gasteiger partial charge on any atom is -0.350 e. The molecule has 8 heteroatoms. The third-order valence-electron chi connectivity index (χ3n) is 5.50. The van der Waals surface area contributed by atoms with Crippen molar-refractivity contribution in [1.29, 1.82) is 0 Å². The molecule has 0 saturated carbocycles. The van der Waals surface area contributed by atoms with Gasteiger partial charge in [-0.25, -0.2) is 9.37 Å². The standard InChI is InChI=1S/C22H29FN4O2S/c1-13-18(30-12-26-13)15-7-5-14(6-8-15)11-25-20(28)17-16(23)9-10-27(17)21(29)19(24)22(2,3)4/h5-8,12,16-17,19H,9-11,24H2,1-4H3,(H,25,28)/t16?,17-,19+/m0/s1. The predicted molar refractivity (Wildman–Crippen MR) is 117 cm³/mol. The Bertz CT molecular complexity index is 907. The second-order valence-electron chi connectivity index (χ2n) is 8.81. The summed E-state index contributed by atoms with van der Waals surface area (Å²) in [7, 11) is 0. The van der Waals surface area contributed by atoms with Gasteiger partial charge in [-0.15, -0.1) is 11.3 Å². The molecule has 0 bridgehead atoms. The highest BCUT2D eigenvalue weighted by Gasteiger charge is 2.45. The van der Waals surface area contributed by atoms with Gasteiger partial charge in [0.1, 0.15) is 12.2 Å². The van der Waals surface area contributed by atoms with Gasteiger partial charge in [0.05, 0.1) is 22.1 Å². The minimum atomic E-state index is -1.39. The van der Waals surface area contributed by atoms with Gasteiger partial charge < -0.3 is 16.0 Å². The van der Waals surface area contributed by atoms with Crippen molar-refractivity contribution >= 4 is 23.2 Å². The number of hydrogen-bond donors (Lipinski definition) is 2. The quantitative estimate of drug-likeness (QED) is 0.760. The average Bonchev–Trinajstić information content (AvgIpc) is 3.30. The number of nitrogens with one attached hydrogen (secondary N) is 1. The number of amides is 2. The van der Waals surface area contributed by atoms with Gasteiger partial charge >= 0.3 is 0 Å². The Morgan fingerprint density at radius 3 is 2.57 bits per heavy atom. The molecule has 1 aliphatic rings. The molecule has 3 atom stereocenters. The Morgan fingerprint density at radius 2 is 2.00 bits per heavy atom. The molecule has 6 nitrogen and oxygen atoms in total. The number of likely N-dealkylation sites (tertiary alicyclic amines) is 1. The molecule has 1 fully saturated rings. The first kappa shape index (κ1) is 22.4. The number of rotatable bonds is 5. The van der Waals surface area contributed by atoms with E-state index in [0.717, 1.165) is 21.7 Å². The molecule has 2 aromatic rings. The number of nitrogens with zero attached hydrogens (tertiary/aromatic N) is 2. The Balaban J connectivity index is 1.64. The van der Waals surface area contributed by atoms with Crippen LogP contribution in [0, 0.1) is 12.3 Å². The molecule has 162 valence electrons. The number of thiazole rings is 1. The predicted octanol–water partition coefficient (Wildman–Crippen LogP) is 3.05. The Hall–Kier alpha value is -2.32. The normalized spacial score (nSPS) is 20.3. The van der Waals surface area contributed by atoms with E-state index in [1.165, 1.54) is 4.90 Å². The number of alkyl halides is 1. The van der Waals surface area contributed by atoms with Crippen LogP contribution in [0.5, 0.6) is 0 Å². The van der Waals surface area contributed by atoms with Crippen LogP contribution < -0.4 is 11.1 Å². The molecule has 0 aliphatic carbocycles. The van der Waals surface area contributed by atoms with Crippen LogP contribution in [-0.4, -0.2) is 46.5 Å². The fourth-order valence-corrected chi connectivity index (χ4v) is 4.32. The smallest absolute Gasteiger partial charge is 0.246 e. The first-order chi connectivity index (χ1) is 14.1. The van der Waals surface area contributed by atoms with E-state index in [1.54, 1.807) is 11.3 Å². The highest BCUT2D eigenvalue weighted by atomic mass is 32.1. The summed E-state index contributed by atoms with van der Waals surface area (Å²) in [5.74, 6) is -0.871. The maximum atomic E-state index is 14.5. The zero-order valence-electron chi connectivity index (χ0n) is 17.8. The number of aromatic nitrogens is 1. The van der Waals surface area contributed by atoms with Crippen LogP contribution in [0.3, 0.4) is 0 Å². The molecule has 30 heavy (non-hydrogen) atoms. The molecule has 1 aliphatic heterocycles. The lowest BCUT2D eigenvalue weighted by Crippen LogP contribution is -2.56. The van der Waals surface area contributed by atoms with E-state index in [9.17, 15) is 14.0 Å². The van der Waals surface area contributed by atoms with Crippen molar-refractivity contribution in [3.05, 3.63) is 41.0 Å². The summed E-state index contributed by atoms with van der Waals surface area (Å²) in [4.78, 5) is 32.1. The van der Waals surface area contributed by atoms with Gasteiger partial charge in [0.15, 0.2) is 0 Å². The van der Waals surface area contributed by atoms with Crippen LogP contribution in [0.2, 0.25) is 0 Å². The highest BCUT2D eigenvalue weighted by Crippen LogP contribution is 2.28. The van der Waals surface area contributed by atoms with Crippen LogP contribution in [-0.2, 0) is 16.1 Å². The van der Waals surface area contributed by atoms with E-state index in [4.69, 9.17) is 5.73 Å². The molecule has 2 amide bonds. The molecular weight excluding hydrogens is 403 g/mol. The number of benzene rings is 1. The summed E-state index contributed by atoms with van der Waals surface area (Å²) in [6.45, 7) is 7.98. The van der Waals surface area contributed by atoms with Crippen molar-refractivity contribution in [1.82, 2.24) is 15.2 Å². The fourth-order valence-electron chi connectivity index (χ4n) is 3.50. The van der Waals surface area contributed by atoms with Gasteiger partial charge in [-0.05, 0) is 29.9 Å². The van der Waals surface area contributed by atoms with Crippen molar-refractivity contribution in [2.75, 3.05) is 6.54 Å². The molecule has 1 aromatic heterocycles. The van der Waals surface area contributed by atoms with E-state index in [0.29, 0.717) is 0 Å². The van der Waals surface area contributed by atoms with Crippen LogP contribution >= 0.6 is 11.3 Å². The summed E-state index contributed by atoms with van der Waals surface area (Å²) < 4.78 is 14.5. The van der Waals surface area contributed by atoms with Crippen molar-refractivity contribution < 1.29 is 14.0 Å². The van der Waals surface area contributed by atoms with E-state index >= 15 is 0 Å². The second-order valence-corrected chi connectivity index (χ2v) is 9.66. The lowest BCUT2D eigenvalue weighted by Gasteiger charge is -2.32. The molecule has 1 aromatic carbocycles. The van der Waals surface area contributed by atoms with Gasteiger partial charge in [-0.1, -0.05) is 45.0 Å². The highest BCUT2D eigenvalue weighted by molar-refractivity contribution is 7.13. The molecule has 3 rings (SSSR count). The Morgan fingerprint density at radius 1 is 1.33 bits per heavy atom. The zero-order chi connectivity index (χ0) is 22.1. The molecule has 0 radical (unpaired) electrons. The van der Waals surface area contributed by atoms with Gasteiger partial charge in [-0.3, -0.25) is 9.59 Å². The first-order valence-electron chi connectivity index (χ1n) is 10.1. The first-order valence-corrected chi connectivity index (χ1v) is 10.9. The maximum absolute atomic E-state index is 14.5. The lowest BCUT2D eigenvalue weighted by molar-refractivity contribution is -0.142. The maximum Gasteiger partial charge on any atom is 0.246 e. The Labute approximate surface area is 180 Å². The lowest BCUT2D eigenvalue weighted by atomic mass is 9.86. The van der Waals surface area contributed by atoms with Crippen LogP contribution in [0.25, 0.3) is 10.4 Å². The van der Waals surface area contributed by atoms with Gasteiger partial charge in [0.25, 0.3) is 0 Å². The van der Waals surface area contributed by atoms with E-state index < -0.39 is 29.6 Å². The molecule has 2 heterocycles. The third kappa shape index (κ3) is 4.70. The van der Waals surface area contributed by atoms with Crippen molar-refractivity contribution in [3.63, 3.8) is 0 Å². The molecule has 1 saturated heterocycles.